The van der Waals surface area contributed by atoms with Gasteiger partial charge in [-0.1, -0.05) is 32.8 Å². The Bertz CT molecular complexity index is 319. The smallest absolute Gasteiger partial charge is 0.160 e. The number of phenolic OH excluding ortho intramolecular Hbond substituents is 2. The van der Waals surface area contributed by atoms with Crippen molar-refractivity contribution in [1.82, 2.24) is 0 Å². The van der Waals surface area contributed by atoms with Crippen molar-refractivity contribution in [3.8, 4) is 11.5 Å². The van der Waals surface area contributed by atoms with E-state index in [9.17, 15) is 10.2 Å². The largest absolute Gasteiger partial charge is 0.504 e. The molecule has 2 nitrogen and oxygen atoms in total. The molecule has 0 amide bonds. The summed E-state index contributed by atoms with van der Waals surface area (Å²) in [5.74, 6) is 0.0533. The van der Waals surface area contributed by atoms with Crippen molar-refractivity contribution in [2.45, 2.75) is 46.0 Å². The van der Waals surface area contributed by atoms with Crippen molar-refractivity contribution in [3.05, 3.63) is 23.3 Å². The van der Waals surface area contributed by atoms with E-state index < -0.39 is 0 Å². The van der Waals surface area contributed by atoms with Crippen LogP contribution in [-0.4, -0.2) is 10.2 Å². The number of benzene rings is 1. The van der Waals surface area contributed by atoms with E-state index in [1.807, 2.05) is 13.0 Å². The average Bonchev–Trinajstić information content (AvgIpc) is 2.24. The van der Waals surface area contributed by atoms with E-state index in [4.69, 9.17) is 0 Å². The third-order valence-electron chi connectivity index (χ3n) is 2.76. The maximum Gasteiger partial charge on any atom is 0.160 e. The van der Waals surface area contributed by atoms with Crippen molar-refractivity contribution in [2.24, 2.45) is 0 Å². The van der Waals surface area contributed by atoms with Crippen LogP contribution in [0.25, 0.3) is 0 Å². The van der Waals surface area contributed by atoms with Crippen molar-refractivity contribution in [2.75, 3.05) is 0 Å². The summed E-state index contributed by atoms with van der Waals surface area (Å²) in [6, 6.07) is 3.50. The number of phenols is 2. The van der Waals surface area contributed by atoms with Gasteiger partial charge in [0.25, 0.3) is 0 Å². The molecule has 84 valence electrons. The Morgan fingerprint density at radius 1 is 1.07 bits per heavy atom. The predicted molar refractivity (Wildman–Crippen MR) is 62.4 cm³/mol. The summed E-state index contributed by atoms with van der Waals surface area (Å²) >= 11 is 0. The Balaban J connectivity index is 2.83. The van der Waals surface area contributed by atoms with Crippen molar-refractivity contribution in [1.29, 1.82) is 0 Å². The molecule has 0 saturated heterocycles. The molecule has 1 aromatic rings. The lowest BCUT2D eigenvalue weighted by Crippen LogP contribution is -1.94. The number of aromatic hydroxyl groups is 2. The molecule has 0 atom stereocenters. The van der Waals surface area contributed by atoms with Gasteiger partial charge in [-0.25, -0.2) is 0 Å². The quantitative estimate of drug-likeness (QED) is 0.575. The minimum atomic E-state index is -0.00825. The first-order valence-corrected chi connectivity index (χ1v) is 5.73. The van der Waals surface area contributed by atoms with Crippen molar-refractivity contribution >= 4 is 0 Å². The standard InChI is InChI=1S/C13H20O2/c1-3-5-6-7-10-8-9-12(14)13(15)11(10)4-2/h8-9,14-15H,3-7H2,1-2H3. The van der Waals surface area contributed by atoms with E-state index in [1.165, 1.54) is 18.4 Å². The molecule has 1 aromatic carbocycles. The van der Waals surface area contributed by atoms with Crippen LogP contribution in [0.15, 0.2) is 12.1 Å². The van der Waals surface area contributed by atoms with Crippen LogP contribution in [0.3, 0.4) is 0 Å². The predicted octanol–water partition coefficient (Wildman–Crippen LogP) is 3.39. The fourth-order valence-electron chi connectivity index (χ4n) is 1.86. The van der Waals surface area contributed by atoms with Crippen LogP contribution in [0.5, 0.6) is 11.5 Å². The maximum atomic E-state index is 9.68. The maximum absolute atomic E-state index is 9.68. The average molecular weight is 208 g/mol. The Labute approximate surface area is 91.6 Å². The molecule has 15 heavy (non-hydrogen) atoms. The van der Waals surface area contributed by atoms with Gasteiger partial charge in [0.15, 0.2) is 11.5 Å². The summed E-state index contributed by atoms with van der Waals surface area (Å²) in [4.78, 5) is 0. The van der Waals surface area contributed by atoms with E-state index in [0.29, 0.717) is 0 Å². The highest BCUT2D eigenvalue weighted by Crippen LogP contribution is 2.32. The zero-order chi connectivity index (χ0) is 11.3. The molecule has 2 N–H and O–H groups in total. The summed E-state index contributed by atoms with van der Waals surface area (Å²) in [6.07, 6.45) is 5.32. The molecule has 0 bridgehead atoms. The number of rotatable bonds is 5. The van der Waals surface area contributed by atoms with Gasteiger partial charge in [0, 0.05) is 5.56 Å². The van der Waals surface area contributed by atoms with Crippen LogP contribution in [0, 0.1) is 0 Å². The van der Waals surface area contributed by atoms with E-state index >= 15 is 0 Å². The lowest BCUT2D eigenvalue weighted by Gasteiger charge is -2.10. The van der Waals surface area contributed by atoms with Gasteiger partial charge in [-0.2, -0.15) is 0 Å². The zero-order valence-electron chi connectivity index (χ0n) is 9.58. The molecular formula is C13H20O2. The summed E-state index contributed by atoms with van der Waals surface area (Å²) in [6.45, 7) is 4.17. The number of hydrogen-bond acceptors (Lipinski definition) is 2. The topological polar surface area (TPSA) is 40.5 Å². The third-order valence-corrected chi connectivity index (χ3v) is 2.76. The normalized spacial score (nSPS) is 10.5. The van der Waals surface area contributed by atoms with E-state index in [-0.39, 0.29) is 11.5 Å². The van der Waals surface area contributed by atoms with Gasteiger partial charge in [0.2, 0.25) is 0 Å². The van der Waals surface area contributed by atoms with Crippen molar-refractivity contribution in [3.63, 3.8) is 0 Å². The first-order chi connectivity index (χ1) is 7.20. The first kappa shape index (κ1) is 11.9. The minimum absolute atomic E-state index is 0.00825. The Kier molecular flexibility index (Phi) is 4.47. The molecule has 0 unspecified atom stereocenters. The molecule has 0 spiro atoms. The van der Waals surface area contributed by atoms with Gasteiger partial charge in [0.05, 0.1) is 0 Å². The molecule has 0 heterocycles. The Morgan fingerprint density at radius 3 is 2.40 bits per heavy atom. The number of aryl methyl sites for hydroxylation is 1. The monoisotopic (exact) mass is 208 g/mol. The van der Waals surface area contributed by atoms with Crippen LogP contribution >= 0.6 is 0 Å². The second-order valence-corrected chi connectivity index (χ2v) is 3.88. The first-order valence-electron chi connectivity index (χ1n) is 5.73. The lowest BCUT2D eigenvalue weighted by molar-refractivity contribution is 0.399. The fourth-order valence-corrected chi connectivity index (χ4v) is 1.86. The van der Waals surface area contributed by atoms with Crippen LogP contribution in [0.4, 0.5) is 0 Å². The molecule has 0 radical (unpaired) electrons. The Morgan fingerprint density at radius 2 is 1.80 bits per heavy atom. The highest BCUT2D eigenvalue weighted by Gasteiger charge is 2.09. The van der Waals surface area contributed by atoms with Gasteiger partial charge in [-0.3, -0.25) is 0 Å². The number of hydrogen-bond donors (Lipinski definition) is 2. The lowest BCUT2D eigenvalue weighted by atomic mass is 9.98. The van der Waals surface area contributed by atoms with Crippen LogP contribution < -0.4 is 0 Å². The minimum Gasteiger partial charge on any atom is -0.504 e. The Hall–Kier alpha value is -1.18. The highest BCUT2D eigenvalue weighted by molar-refractivity contribution is 5.49. The molecular weight excluding hydrogens is 188 g/mol. The highest BCUT2D eigenvalue weighted by atomic mass is 16.3. The van der Waals surface area contributed by atoms with Crippen LogP contribution in [-0.2, 0) is 12.8 Å². The SMILES string of the molecule is CCCCCc1ccc(O)c(O)c1CC. The molecule has 0 aromatic heterocycles. The van der Waals surface area contributed by atoms with Crippen LogP contribution in [0.2, 0.25) is 0 Å². The van der Waals surface area contributed by atoms with E-state index in [0.717, 1.165) is 24.8 Å². The number of unbranched alkanes of at least 4 members (excludes halogenated alkanes) is 2. The van der Waals surface area contributed by atoms with Gasteiger partial charge in [-0.05, 0) is 30.9 Å². The summed E-state index contributed by atoms with van der Waals surface area (Å²) in [5.41, 5.74) is 2.06. The van der Waals surface area contributed by atoms with Crippen LogP contribution in [0.1, 0.15) is 44.2 Å². The second kappa shape index (κ2) is 5.64. The molecule has 1 rings (SSSR count). The molecule has 0 saturated carbocycles. The van der Waals surface area contributed by atoms with E-state index in [2.05, 4.69) is 6.92 Å². The molecule has 0 aliphatic carbocycles. The van der Waals surface area contributed by atoms with E-state index in [1.54, 1.807) is 6.07 Å². The molecule has 0 aliphatic rings. The molecule has 0 fully saturated rings. The summed E-state index contributed by atoms with van der Waals surface area (Å²) in [7, 11) is 0. The van der Waals surface area contributed by atoms with Gasteiger partial charge in [0.1, 0.15) is 0 Å². The van der Waals surface area contributed by atoms with Gasteiger partial charge in [-0.15, -0.1) is 0 Å². The second-order valence-electron chi connectivity index (χ2n) is 3.88. The molecule has 2 heteroatoms. The zero-order valence-corrected chi connectivity index (χ0v) is 9.58. The summed E-state index contributed by atoms with van der Waals surface area (Å²) < 4.78 is 0. The van der Waals surface area contributed by atoms with Gasteiger partial charge >= 0.3 is 0 Å². The third kappa shape index (κ3) is 2.88. The fraction of sp³-hybridized carbons (Fsp3) is 0.538. The molecule has 0 aliphatic heterocycles. The van der Waals surface area contributed by atoms with Gasteiger partial charge < -0.3 is 10.2 Å². The summed E-state index contributed by atoms with van der Waals surface area (Å²) in [5, 5.41) is 19.1. The van der Waals surface area contributed by atoms with Crippen molar-refractivity contribution < 1.29 is 10.2 Å².